The molecule has 1 aromatic heterocycles. The number of carbonyl (C=O) groups is 1. The fourth-order valence-electron chi connectivity index (χ4n) is 2.30. The second-order valence-electron chi connectivity index (χ2n) is 5.16. The number of aromatic nitrogens is 1. The number of fused-ring (bicyclic) bond motifs is 1. The molecule has 2 aliphatic rings. The summed E-state index contributed by atoms with van der Waals surface area (Å²) in [4.78, 5) is 23.5. The summed E-state index contributed by atoms with van der Waals surface area (Å²) < 4.78 is 6.50. The molecule has 18 heavy (non-hydrogen) atoms. The zero-order valence-electron chi connectivity index (χ0n) is 10.3. The number of rotatable bonds is 5. The number of nitrogens with zero attached hydrogens (tertiary/aromatic N) is 1. The summed E-state index contributed by atoms with van der Waals surface area (Å²) in [6.07, 6.45) is 3.74. The van der Waals surface area contributed by atoms with Gasteiger partial charge in [-0.05, 0) is 24.8 Å². The van der Waals surface area contributed by atoms with Gasteiger partial charge in [0.25, 0.3) is 5.56 Å². The van der Waals surface area contributed by atoms with Crippen LogP contribution in [0.3, 0.4) is 0 Å². The van der Waals surface area contributed by atoms with Crippen LogP contribution in [0.5, 0.6) is 0 Å². The third-order valence-corrected chi connectivity index (χ3v) is 3.91. The normalized spacial score (nSPS) is 27.5. The van der Waals surface area contributed by atoms with Crippen molar-refractivity contribution < 1.29 is 9.53 Å². The molecule has 2 fully saturated rings. The highest BCUT2D eigenvalue weighted by atomic mass is 16.5. The summed E-state index contributed by atoms with van der Waals surface area (Å²) in [7, 11) is 1.59. The van der Waals surface area contributed by atoms with Gasteiger partial charge in [0.1, 0.15) is 0 Å². The van der Waals surface area contributed by atoms with Gasteiger partial charge in [0.2, 0.25) is 5.91 Å². The van der Waals surface area contributed by atoms with E-state index in [1.54, 1.807) is 23.9 Å². The minimum Gasteiger partial charge on any atom is -0.383 e. The molecular weight excluding hydrogens is 232 g/mol. The molecule has 0 bridgehead atoms. The molecule has 0 unspecified atom stereocenters. The molecule has 1 N–H and O–H groups in total. The molecule has 0 atom stereocenters. The molecule has 0 aliphatic heterocycles. The Labute approximate surface area is 105 Å². The van der Waals surface area contributed by atoms with Gasteiger partial charge in [-0.15, -0.1) is 0 Å². The Morgan fingerprint density at radius 2 is 2.28 bits per heavy atom. The molecule has 0 radical (unpaired) electrons. The molecule has 5 nitrogen and oxygen atoms in total. The van der Waals surface area contributed by atoms with Gasteiger partial charge in [-0.1, -0.05) is 0 Å². The molecule has 1 amide bonds. The van der Waals surface area contributed by atoms with Gasteiger partial charge < -0.3 is 14.6 Å². The fraction of sp³-hybridized carbons (Fsp3) is 0.538. The highest BCUT2D eigenvalue weighted by Gasteiger charge is 2.74. The SMILES string of the molecule is COCCn1cc(NC(=O)C23CC2C3)ccc1=O. The van der Waals surface area contributed by atoms with Crippen LogP contribution in [0.4, 0.5) is 5.69 Å². The summed E-state index contributed by atoms with van der Waals surface area (Å²) in [6, 6.07) is 3.13. The van der Waals surface area contributed by atoms with E-state index in [9.17, 15) is 9.59 Å². The Hall–Kier alpha value is -1.62. The number of amides is 1. The van der Waals surface area contributed by atoms with Crippen LogP contribution in [0.2, 0.25) is 0 Å². The first-order chi connectivity index (χ1) is 8.65. The molecule has 2 saturated carbocycles. The average Bonchev–Trinajstić information content (AvgIpc) is 3.18. The maximum atomic E-state index is 11.9. The van der Waals surface area contributed by atoms with Crippen LogP contribution < -0.4 is 10.9 Å². The van der Waals surface area contributed by atoms with Gasteiger partial charge in [-0.3, -0.25) is 9.59 Å². The standard InChI is InChI=1S/C13H16N2O3/c1-18-5-4-15-8-10(2-3-11(15)16)14-12(17)13-6-9(13)7-13/h2-3,8-9H,4-7H2,1H3,(H,14,17). The van der Waals surface area contributed by atoms with E-state index in [-0.39, 0.29) is 16.9 Å². The van der Waals surface area contributed by atoms with Gasteiger partial charge in [0, 0.05) is 25.9 Å². The summed E-state index contributed by atoms with van der Waals surface area (Å²) in [5.74, 6) is 0.723. The van der Waals surface area contributed by atoms with E-state index in [1.165, 1.54) is 6.07 Å². The van der Waals surface area contributed by atoms with Crippen molar-refractivity contribution in [3.05, 3.63) is 28.7 Å². The smallest absolute Gasteiger partial charge is 0.250 e. The Kier molecular flexibility index (Phi) is 2.52. The van der Waals surface area contributed by atoms with Crippen LogP contribution in [0.25, 0.3) is 0 Å². The number of carbonyl (C=O) groups excluding carboxylic acids is 1. The highest BCUT2D eigenvalue weighted by molar-refractivity contribution is 6.00. The van der Waals surface area contributed by atoms with Crippen molar-refractivity contribution in [1.29, 1.82) is 0 Å². The summed E-state index contributed by atoms with van der Waals surface area (Å²) in [5.41, 5.74) is 0.551. The lowest BCUT2D eigenvalue weighted by atomic mass is 10.2. The summed E-state index contributed by atoms with van der Waals surface area (Å²) in [6.45, 7) is 0.968. The van der Waals surface area contributed by atoms with Crippen LogP contribution in [-0.2, 0) is 16.1 Å². The van der Waals surface area contributed by atoms with Crippen LogP contribution in [0.1, 0.15) is 12.8 Å². The van der Waals surface area contributed by atoms with Crippen molar-refractivity contribution in [2.24, 2.45) is 11.3 Å². The predicted molar refractivity (Wildman–Crippen MR) is 66.4 cm³/mol. The van der Waals surface area contributed by atoms with Crippen molar-refractivity contribution in [3.63, 3.8) is 0 Å². The minimum atomic E-state index is -0.0843. The Morgan fingerprint density at radius 3 is 2.89 bits per heavy atom. The first-order valence-corrected chi connectivity index (χ1v) is 6.16. The van der Waals surface area contributed by atoms with Crippen molar-refractivity contribution >= 4 is 11.6 Å². The van der Waals surface area contributed by atoms with Crippen molar-refractivity contribution in [2.45, 2.75) is 19.4 Å². The molecule has 0 spiro atoms. The van der Waals surface area contributed by atoms with E-state index >= 15 is 0 Å². The second kappa shape index (κ2) is 3.95. The first-order valence-electron chi connectivity index (χ1n) is 6.16. The Bertz CT molecular complexity index is 543. The average molecular weight is 248 g/mol. The quantitative estimate of drug-likeness (QED) is 0.840. The molecular formula is C13H16N2O3. The van der Waals surface area contributed by atoms with Gasteiger partial charge in [0.15, 0.2) is 0 Å². The number of ether oxygens (including phenoxy) is 1. The predicted octanol–water partition coefficient (Wildman–Crippen LogP) is 0.843. The molecule has 5 heteroatoms. The highest BCUT2D eigenvalue weighted by Crippen LogP contribution is 2.75. The number of hydrogen-bond acceptors (Lipinski definition) is 3. The van der Waals surface area contributed by atoms with Crippen molar-refractivity contribution in [1.82, 2.24) is 4.57 Å². The maximum absolute atomic E-state index is 11.9. The third-order valence-electron chi connectivity index (χ3n) is 3.91. The maximum Gasteiger partial charge on any atom is 0.250 e. The largest absolute Gasteiger partial charge is 0.383 e. The van der Waals surface area contributed by atoms with E-state index in [1.807, 2.05) is 0 Å². The zero-order chi connectivity index (χ0) is 12.8. The van der Waals surface area contributed by atoms with Crippen LogP contribution >= 0.6 is 0 Å². The molecule has 1 heterocycles. The molecule has 96 valence electrons. The van der Waals surface area contributed by atoms with Crippen molar-refractivity contribution in [2.75, 3.05) is 19.0 Å². The number of pyridine rings is 1. The van der Waals surface area contributed by atoms with E-state index in [2.05, 4.69) is 5.32 Å². The molecule has 0 aromatic carbocycles. The Morgan fingerprint density at radius 1 is 1.56 bits per heavy atom. The molecule has 3 rings (SSSR count). The lowest BCUT2D eigenvalue weighted by molar-refractivity contribution is -0.119. The lowest BCUT2D eigenvalue weighted by Crippen LogP contribution is -2.23. The lowest BCUT2D eigenvalue weighted by Gasteiger charge is -2.10. The van der Waals surface area contributed by atoms with Gasteiger partial charge in [-0.2, -0.15) is 0 Å². The Balaban J connectivity index is 1.71. The zero-order valence-corrected chi connectivity index (χ0v) is 10.3. The number of anilines is 1. The van der Waals surface area contributed by atoms with Gasteiger partial charge in [-0.25, -0.2) is 0 Å². The summed E-state index contributed by atoms with van der Waals surface area (Å²) >= 11 is 0. The molecule has 1 aromatic rings. The third kappa shape index (κ3) is 1.84. The van der Waals surface area contributed by atoms with Crippen LogP contribution in [0.15, 0.2) is 23.1 Å². The molecule has 0 saturated heterocycles. The van der Waals surface area contributed by atoms with E-state index in [0.29, 0.717) is 24.8 Å². The number of nitrogens with one attached hydrogen (secondary N) is 1. The first kappa shape index (κ1) is 11.5. The van der Waals surface area contributed by atoms with E-state index < -0.39 is 0 Å². The van der Waals surface area contributed by atoms with Gasteiger partial charge in [0.05, 0.1) is 17.7 Å². The second-order valence-corrected chi connectivity index (χ2v) is 5.16. The van der Waals surface area contributed by atoms with Crippen LogP contribution in [0, 0.1) is 11.3 Å². The minimum absolute atomic E-state index is 0.0481. The number of hydrogen-bond donors (Lipinski definition) is 1. The molecule has 2 aliphatic carbocycles. The van der Waals surface area contributed by atoms with Crippen LogP contribution in [-0.4, -0.2) is 24.2 Å². The van der Waals surface area contributed by atoms with E-state index in [4.69, 9.17) is 4.74 Å². The topological polar surface area (TPSA) is 60.3 Å². The summed E-state index contributed by atoms with van der Waals surface area (Å²) in [5, 5.41) is 2.89. The van der Waals surface area contributed by atoms with Crippen molar-refractivity contribution in [3.8, 4) is 0 Å². The monoisotopic (exact) mass is 248 g/mol. The number of methoxy groups -OCH3 is 1. The fourth-order valence-corrected chi connectivity index (χ4v) is 2.30. The van der Waals surface area contributed by atoms with E-state index in [0.717, 1.165) is 12.8 Å². The van der Waals surface area contributed by atoms with Gasteiger partial charge >= 0.3 is 0 Å².